The molecule has 104 valence electrons. The number of carbonyl (C=O) groups excluding carboxylic acids is 1. The SMILES string of the molecule is N#Cc1ccc(Cl)cc1NC(=O)c1ccnc(C(=O)O)c1. The van der Waals surface area contributed by atoms with Crippen LogP contribution in [0.5, 0.6) is 0 Å². The molecule has 1 aromatic heterocycles. The highest BCUT2D eigenvalue weighted by Crippen LogP contribution is 2.21. The fourth-order valence-corrected chi connectivity index (χ4v) is 1.77. The van der Waals surface area contributed by atoms with Crippen LogP contribution in [0, 0.1) is 11.3 Å². The molecule has 0 saturated carbocycles. The lowest BCUT2D eigenvalue weighted by Crippen LogP contribution is -2.14. The second kappa shape index (κ2) is 6.03. The highest BCUT2D eigenvalue weighted by molar-refractivity contribution is 6.31. The Kier molecular flexibility index (Phi) is 4.16. The van der Waals surface area contributed by atoms with Gasteiger partial charge in [-0.2, -0.15) is 5.26 Å². The zero-order valence-electron chi connectivity index (χ0n) is 10.5. The lowest BCUT2D eigenvalue weighted by atomic mass is 10.1. The topological polar surface area (TPSA) is 103 Å². The fraction of sp³-hybridized carbons (Fsp3) is 0. The van der Waals surface area contributed by atoms with E-state index >= 15 is 0 Å². The molecule has 1 aromatic carbocycles. The summed E-state index contributed by atoms with van der Waals surface area (Å²) in [5.74, 6) is -1.79. The summed E-state index contributed by atoms with van der Waals surface area (Å²) in [6.07, 6.45) is 1.22. The maximum atomic E-state index is 12.1. The van der Waals surface area contributed by atoms with Crippen LogP contribution in [0.25, 0.3) is 0 Å². The van der Waals surface area contributed by atoms with E-state index in [9.17, 15) is 9.59 Å². The summed E-state index contributed by atoms with van der Waals surface area (Å²) in [6, 6.07) is 8.90. The minimum Gasteiger partial charge on any atom is -0.477 e. The Hall–Kier alpha value is -2.91. The maximum absolute atomic E-state index is 12.1. The van der Waals surface area contributed by atoms with Crippen molar-refractivity contribution in [2.75, 3.05) is 5.32 Å². The molecule has 0 unspecified atom stereocenters. The smallest absolute Gasteiger partial charge is 0.354 e. The number of carboxylic acid groups (broad SMARTS) is 1. The minimum absolute atomic E-state index is 0.117. The summed E-state index contributed by atoms with van der Waals surface area (Å²) in [7, 11) is 0. The van der Waals surface area contributed by atoms with E-state index in [1.807, 2.05) is 6.07 Å². The number of anilines is 1. The van der Waals surface area contributed by atoms with Crippen LogP contribution in [-0.4, -0.2) is 22.0 Å². The number of hydrogen-bond donors (Lipinski definition) is 2. The number of nitrogens with one attached hydrogen (secondary N) is 1. The van der Waals surface area contributed by atoms with Crippen molar-refractivity contribution in [1.29, 1.82) is 5.26 Å². The predicted molar refractivity (Wildman–Crippen MR) is 75.3 cm³/mol. The molecule has 2 rings (SSSR count). The number of nitriles is 1. The molecule has 0 bridgehead atoms. The van der Waals surface area contributed by atoms with Crippen molar-refractivity contribution in [1.82, 2.24) is 4.98 Å². The van der Waals surface area contributed by atoms with Crippen LogP contribution in [0.2, 0.25) is 5.02 Å². The van der Waals surface area contributed by atoms with Gasteiger partial charge in [0.1, 0.15) is 11.8 Å². The molecule has 0 radical (unpaired) electrons. The van der Waals surface area contributed by atoms with E-state index < -0.39 is 11.9 Å². The molecule has 6 nitrogen and oxygen atoms in total. The normalized spacial score (nSPS) is 9.71. The number of aromatic nitrogens is 1. The van der Waals surface area contributed by atoms with Gasteiger partial charge in [0.2, 0.25) is 0 Å². The summed E-state index contributed by atoms with van der Waals surface area (Å²) >= 11 is 5.82. The van der Waals surface area contributed by atoms with E-state index in [-0.39, 0.29) is 22.5 Å². The highest BCUT2D eigenvalue weighted by atomic mass is 35.5. The van der Waals surface area contributed by atoms with Gasteiger partial charge in [0.05, 0.1) is 11.3 Å². The Balaban J connectivity index is 2.30. The molecular formula is C14H8ClN3O3. The Morgan fingerprint density at radius 3 is 2.71 bits per heavy atom. The first-order chi connectivity index (χ1) is 10.0. The fourth-order valence-electron chi connectivity index (χ4n) is 1.60. The molecule has 0 spiro atoms. The van der Waals surface area contributed by atoms with Gasteiger partial charge in [0, 0.05) is 16.8 Å². The van der Waals surface area contributed by atoms with Gasteiger partial charge in [-0.1, -0.05) is 11.6 Å². The maximum Gasteiger partial charge on any atom is 0.354 e. The third kappa shape index (κ3) is 3.35. The van der Waals surface area contributed by atoms with Crippen LogP contribution < -0.4 is 5.32 Å². The van der Waals surface area contributed by atoms with Crippen LogP contribution in [0.1, 0.15) is 26.4 Å². The van der Waals surface area contributed by atoms with Crippen LogP contribution >= 0.6 is 11.6 Å². The van der Waals surface area contributed by atoms with Gasteiger partial charge >= 0.3 is 5.97 Å². The molecule has 0 aliphatic rings. The minimum atomic E-state index is -1.23. The molecule has 1 amide bonds. The van der Waals surface area contributed by atoms with Crippen molar-refractivity contribution in [2.24, 2.45) is 0 Å². The van der Waals surface area contributed by atoms with E-state index in [1.54, 1.807) is 0 Å². The monoisotopic (exact) mass is 301 g/mol. The number of carboxylic acids is 1. The summed E-state index contributed by atoms with van der Waals surface area (Å²) in [5, 5.41) is 20.7. The Labute approximate surface area is 124 Å². The van der Waals surface area contributed by atoms with Crippen molar-refractivity contribution >= 4 is 29.2 Å². The highest BCUT2D eigenvalue weighted by Gasteiger charge is 2.12. The molecule has 0 fully saturated rings. The zero-order chi connectivity index (χ0) is 15.4. The number of halogens is 1. The van der Waals surface area contributed by atoms with E-state index in [0.717, 1.165) is 6.07 Å². The number of amides is 1. The lowest BCUT2D eigenvalue weighted by Gasteiger charge is -2.07. The average Bonchev–Trinajstić information content (AvgIpc) is 2.47. The zero-order valence-corrected chi connectivity index (χ0v) is 11.3. The van der Waals surface area contributed by atoms with Gasteiger partial charge in [-0.25, -0.2) is 9.78 Å². The van der Waals surface area contributed by atoms with Gasteiger partial charge < -0.3 is 10.4 Å². The largest absolute Gasteiger partial charge is 0.477 e. The van der Waals surface area contributed by atoms with Crippen molar-refractivity contribution in [3.63, 3.8) is 0 Å². The molecule has 0 aliphatic heterocycles. The number of carbonyl (C=O) groups is 2. The van der Waals surface area contributed by atoms with Crippen molar-refractivity contribution in [2.45, 2.75) is 0 Å². The Bertz CT molecular complexity index is 768. The summed E-state index contributed by atoms with van der Waals surface area (Å²) < 4.78 is 0. The molecule has 2 N–H and O–H groups in total. The second-order valence-electron chi connectivity index (χ2n) is 3.99. The molecule has 1 heterocycles. The van der Waals surface area contributed by atoms with Crippen LogP contribution in [0.4, 0.5) is 5.69 Å². The van der Waals surface area contributed by atoms with Gasteiger partial charge in [0.25, 0.3) is 5.91 Å². The summed E-state index contributed by atoms with van der Waals surface area (Å²) in [5.41, 5.74) is 0.379. The molecule has 2 aromatic rings. The number of nitrogens with zero attached hydrogens (tertiary/aromatic N) is 2. The molecule has 0 saturated heterocycles. The van der Waals surface area contributed by atoms with E-state index in [0.29, 0.717) is 5.02 Å². The number of hydrogen-bond acceptors (Lipinski definition) is 4. The summed E-state index contributed by atoms with van der Waals surface area (Å²) in [4.78, 5) is 26.5. The first-order valence-corrected chi connectivity index (χ1v) is 6.09. The predicted octanol–water partition coefficient (Wildman–Crippen LogP) is 2.56. The van der Waals surface area contributed by atoms with Crippen LogP contribution in [0.3, 0.4) is 0 Å². The number of pyridine rings is 1. The van der Waals surface area contributed by atoms with Crippen molar-refractivity contribution in [3.05, 3.63) is 58.4 Å². The Morgan fingerprint density at radius 2 is 2.05 bits per heavy atom. The first kappa shape index (κ1) is 14.5. The standard InChI is InChI=1S/C14H8ClN3O3/c15-10-2-1-9(7-16)11(6-10)18-13(19)8-3-4-17-12(5-8)14(20)21/h1-6H,(H,18,19)(H,20,21). The van der Waals surface area contributed by atoms with E-state index in [2.05, 4.69) is 10.3 Å². The van der Waals surface area contributed by atoms with E-state index in [4.69, 9.17) is 22.0 Å². The van der Waals surface area contributed by atoms with Crippen LogP contribution in [0.15, 0.2) is 36.5 Å². The number of rotatable bonds is 3. The van der Waals surface area contributed by atoms with Crippen molar-refractivity contribution < 1.29 is 14.7 Å². The second-order valence-corrected chi connectivity index (χ2v) is 4.43. The first-order valence-electron chi connectivity index (χ1n) is 5.71. The molecular weight excluding hydrogens is 294 g/mol. The molecule has 0 aliphatic carbocycles. The quantitative estimate of drug-likeness (QED) is 0.906. The number of aromatic carboxylic acids is 1. The average molecular weight is 302 g/mol. The number of benzene rings is 1. The van der Waals surface area contributed by atoms with Crippen LogP contribution in [-0.2, 0) is 0 Å². The van der Waals surface area contributed by atoms with Gasteiger partial charge in [-0.05, 0) is 30.3 Å². The van der Waals surface area contributed by atoms with Gasteiger partial charge in [-0.15, -0.1) is 0 Å². The third-order valence-electron chi connectivity index (χ3n) is 2.59. The lowest BCUT2D eigenvalue weighted by molar-refractivity contribution is 0.0690. The third-order valence-corrected chi connectivity index (χ3v) is 2.83. The molecule has 0 atom stereocenters. The molecule has 21 heavy (non-hydrogen) atoms. The van der Waals surface area contributed by atoms with Crippen molar-refractivity contribution in [3.8, 4) is 6.07 Å². The van der Waals surface area contributed by atoms with Gasteiger partial charge in [0.15, 0.2) is 0 Å². The molecule has 7 heteroatoms. The van der Waals surface area contributed by atoms with E-state index in [1.165, 1.54) is 30.5 Å². The Morgan fingerprint density at radius 1 is 1.29 bits per heavy atom. The van der Waals surface area contributed by atoms with Gasteiger partial charge in [-0.3, -0.25) is 4.79 Å². The summed E-state index contributed by atoms with van der Waals surface area (Å²) in [6.45, 7) is 0.